The summed E-state index contributed by atoms with van der Waals surface area (Å²) >= 11 is 0. The Morgan fingerprint density at radius 1 is 1.00 bits per heavy atom. The molecule has 6 aliphatic rings. The van der Waals surface area contributed by atoms with Crippen LogP contribution in [0.4, 0.5) is 0 Å². The van der Waals surface area contributed by atoms with Crippen LogP contribution < -0.4 is 4.74 Å². The molecule has 2 N–H and O–H groups in total. The lowest BCUT2D eigenvalue weighted by atomic mass is 9.48. The second-order valence-corrected chi connectivity index (χ2v) is 11.4. The monoisotopic (exact) mass is 472 g/mol. The molecule has 1 spiro atoms. The van der Waals surface area contributed by atoms with E-state index in [1.807, 2.05) is 6.07 Å². The Morgan fingerprint density at radius 2 is 1.74 bits per heavy atom. The van der Waals surface area contributed by atoms with Gasteiger partial charge in [0.1, 0.15) is 6.10 Å². The van der Waals surface area contributed by atoms with Gasteiger partial charge in [0.25, 0.3) is 11.8 Å². The van der Waals surface area contributed by atoms with Gasteiger partial charge < -0.3 is 14.9 Å². The Hall–Kier alpha value is -2.90. The van der Waals surface area contributed by atoms with Gasteiger partial charge in [-0.05, 0) is 74.8 Å². The number of hydrogen-bond donors (Lipinski definition) is 2. The van der Waals surface area contributed by atoms with Crippen molar-refractivity contribution in [3.63, 3.8) is 0 Å². The van der Waals surface area contributed by atoms with Crippen molar-refractivity contribution in [1.29, 1.82) is 0 Å². The number of aliphatic hydroxyl groups is 1. The molecule has 5 atom stereocenters. The Kier molecular flexibility index (Phi) is 3.74. The summed E-state index contributed by atoms with van der Waals surface area (Å²) in [5.74, 6) is 0.632. The van der Waals surface area contributed by atoms with Crippen molar-refractivity contribution < 1.29 is 24.5 Å². The van der Waals surface area contributed by atoms with E-state index in [-0.39, 0.29) is 23.6 Å². The number of nitrogens with zero attached hydrogens (tertiary/aromatic N) is 2. The van der Waals surface area contributed by atoms with Gasteiger partial charge in [-0.3, -0.25) is 19.4 Å². The maximum absolute atomic E-state index is 13.5. The van der Waals surface area contributed by atoms with Gasteiger partial charge in [0, 0.05) is 18.2 Å². The molecule has 3 aliphatic carbocycles. The second-order valence-electron chi connectivity index (χ2n) is 11.4. The topological polar surface area (TPSA) is 90.3 Å². The van der Waals surface area contributed by atoms with Crippen LogP contribution in [0.15, 0.2) is 36.4 Å². The molecule has 2 aromatic rings. The summed E-state index contributed by atoms with van der Waals surface area (Å²) in [4.78, 5) is 30.8. The second kappa shape index (κ2) is 6.45. The van der Waals surface area contributed by atoms with E-state index in [0.29, 0.717) is 36.1 Å². The van der Waals surface area contributed by atoms with Crippen molar-refractivity contribution in [2.45, 2.75) is 67.7 Å². The maximum atomic E-state index is 13.5. The highest BCUT2D eigenvalue weighted by Crippen LogP contribution is 2.66. The first kappa shape index (κ1) is 20.3. The molecular formula is C28H28N2O5. The summed E-state index contributed by atoms with van der Waals surface area (Å²) in [7, 11) is 0. The van der Waals surface area contributed by atoms with Gasteiger partial charge in [-0.15, -0.1) is 0 Å². The minimum Gasteiger partial charge on any atom is -0.504 e. The molecule has 1 unspecified atom stereocenters. The summed E-state index contributed by atoms with van der Waals surface area (Å²) in [5.41, 5.74) is 1.09. The predicted molar refractivity (Wildman–Crippen MR) is 126 cm³/mol. The van der Waals surface area contributed by atoms with E-state index in [0.717, 1.165) is 36.6 Å². The van der Waals surface area contributed by atoms with Crippen molar-refractivity contribution >= 4 is 11.8 Å². The molecule has 1 saturated heterocycles. The number of carbonyl (C=O) groups is 2. The first-order chi connectivity index (χ1) is 16.9. The standard InChI is InChI=1S/C28H28N2O5/c31-20-8-7-16-13-21-28(34)10-9-19(30-25(32)17-3-1-2-4-18(17)26(30)33)24-27(28,22(16)23(20)35-24)11-12-29(21)14-15-5-6-15/h1-4,7-8,15,19,21,24,31,34H,5-6,9-14H2/t19-,21-,24-,27+,28?/m1/s1. The molecule has 2 bridgehead atoms. The molecule has 180 valence electrons. The number of fused-ring (bicyclic) bond motifs is 1. The van der Waals surface area contributed by atoms with Crippen LogP contribution in [0.25, 0.3) is 0 Å². The molecule has 2 saturated carbocycles. The number of ether oxygens (including phenoxy) is 1. The van der Waals surface area contributed by atoms with Crippen LogP contribution in [0.5, 0.6) is 11.5 Å². The summed E-state index contributed by atoms with van der Waals surface area (Å²) < 4.78 is 6.55. The lowest BCUT2D eigenvalue weighted by Gasteiger charge is -2.64. The molecule has 35 heavy (non-hydrogen) atoms. The number of imide groups is 1. The molecule has 3 heterocycles. The number of phenols is 1. The van der Waals surface area contributed by atoms with E-state index in [2.05, 4.69) is 4.90 Å². The number of hydrogen-bond acceptors (Lipinski definition) is 6. The van der Waals surface area contributed by atoms with Gasteiger partial charge in [0.15, 0.2) is 11.5 Å². The highest BCUT2D eigenvalue weighted by Gasteiger charge is 2.74. The van der Waals surface area contributed by atoms with Crippen LogP contribution in [-0.4, -0.2) is 68.7 Å². The van der Waals surface area contributed by atoms with Gasteiger partial charge in [0.2, 0.25) is 0 Å². The zero-order chi connectivity index (χ0) is 23.7. The number of likely N-dealkylation sites (tertiary alicyclic amines) is 1. The van der Waals surface area contributed by atoms with Crippen LogP contribution in [0, 0.1) is 5.92 Å². The number of amides is 2. The fourth-order valence-electron chi connectivity index (χ4n) is 8.23. The SMILES string of the molecule is O=C1c2ccccc2C(=O)N1[C@@H]1CCC2(O)[C@H]3Cc4ccc(O)c5c4[C@@]2(CCN3CC2CC2)[C@@H]1O5. The average molecular weight is 473 g/mol. The van der Waals surface area contributed by atoms with Gasteiger partial charge in [-0.2, -0.15) is 0 Å². The maximum Gasteiger partial charge on any atom is 0.261 e. The van der Waals surface area contributed by atoms with E-state index in [1.165, 1.54) is 17.7 Å². The van der Waals surface area contributed by atoms with Crippen molar-refractivity contribution in [1.82, 2.24) is 9.80 Å². The molecule has 3 fully saturated rings. The summed E-state index contributed by atoms with van der Waals surface area (Å²) in [6.07, 6.45) is 4.31. The lowest BCUT2D eigenvalue weighted by Crippen LogP contribution is -2.78. The fourth-order valence-corrected chi connectivity index (χ4v) is 8.23. The Morgan fingerprint density at radius 3 is 2.46 bits per heavy atom. The minimum atomic E-state index is -1.04. The normalized spacial score (nSPS) is 36.7. The molecule has 2 aromatic carbocycles. The Balaban J connectivity index is 1.28. The minimum absolute atomic E-state index is 0.0333. The Labute approximate surface area is 203 Å². The van der Waals surface area contributed by atoms with Gasteiger partial charge in [-0.1, -0.05) is 18.2 Å². The largest absolute Gasteiger partial charge is 0.504 e. The van der Waals surface area contributed by atoms with Gasteiger partial charge in [0.05, 0.1) is 28.2 Å². The van der Waals surface area contributed by atoms with Crippen molar-refractivity contribution in [2.75, 3.05) is 13.1 Å². The molecular weight excluding hydrogens is 444 g/mol. The van der Waals surface area contributed by atoms with E-state index in [1.54, 1.807) is 30.3 Å². The summed E-state index contributed by atoms with van der Waals surface area (Å²) in [5, 5.41) is 23.4. The molecule has 0 aromatic heterocycles. The Bertz CT molecular complexity index is 1290. The van der Waals surface area contributed by atoms with Crippen LogP contribution in [0.1, 0.15) is 63.9 Å². The van der Waals surface area contributed by atoms with Crippen molar-refractivity contribution in [2.24, 2.45) is 5.92 Å². The van der Waals surface area contributed by atoms with Gasteiger partial charge in [-0.25, -0.2) is 0 Å². The van der Waals surface area contributed by atoms with E-state index in [4.69, 9.17) is 4.74 Å². The lowest BCUT2D eigenvalue weighted by molar-refractivity contribution is -0.196. The quantitative estimate of drug-likeness (QED) is 0.668. The molecule has 7 heteroatoms. The summed E-state index contributed by atoms with van der Waals surface area (Å²) in [6.45, 7) is 1.85. The number of benzene rings is 2. The molecule has 8 rings (SSSR count). The third kappa shape index (κ3) is 2.30. The van der Waals surface area contributed by atoms with Crippen LogP contribution in [0.2, 0.25) is 0 Å². The van der Waals surface area contributed by atoms with E-state index < -0.39 is 23.2 Å². The van der Waals surface area contributed by atoms with Crippen LogP contribution >= 0.6 is 0 Å². The zero-order valence-corrected chi connectivity index (χ0v) is 19.4. The smallest absolute Gasteiger partial charge is 0.261 e. The third-order valence-corrected chi connectivity index (χ3v) is 9.89. The number of rotatable bonds is 3. The molecule has 7 nitrogen and oxygen atoms in total. The fraction of sp³-hybridized carbons (Fsp3) is 0.500. The third-order valence-electron chi connectivity index (χ3n) is 9.89. The average Bonchev–Trinajstić information content (AvgIpc) is 3.54. The molecule has 3 aliphatic heterocycles. The number of aromatic hydroxyl groups is 1. The van der Waals surface area contributed by atoms with Crippen LogP contribution in [0.3, 0.4) is 0 Å². The number of carbonyl (C=O) groups excluding carboxylic acids is 2. The first-order valence-corrected chi connectivity index (χ1v) is 12.9. The van der Waals surface area contributed by atoms with E-state index >= 15 is 0 Å². The van der Waals surface area contributed by atoms with Crippen molar-refractivity contribution in [3.8, 4) is 11.5 Å². The predicted octanol–water partition coefficient (Wildman–Crippen LogP) is 2.62. The van der Waals surface area contributed by atoms with Crippen LogP contribution in [-0.2, 0) is 11.8 Å². The summed E-state index contributed by atoms with van der Waals surface area (Å²) in [6, 6.07) is 10.1. The van der Waals surface area contributed by atoms with Gasteiger partial charge >= 0.3 is 0 Å². The highest BCUT2D eigenvalue weighted by atomic mass is 16.5. The number of piperidine rings is 1. The zero-order valence-electron chi connectivity index (χ0n) is 19.4. The first-order valence-electron chi connectivity index (χ1n) is 12.9. The van der Waals surface area contributed by atoms with Crippen molar-refractivity contribution in [3.05, 3.63) is 58.7 Å². The number of phenolic OH excluding ortho intramolecular Hbond substituents is 1. The van der Waals surface area contributed by atoms with E-state index in [9.17, 15) is 19.8 Å². The molecule has 0 radical (unpaired) electrons. The molecule has 2 amide bonds. The highest BCUT2D eigenvalue weighted by molar-refractivity contribution is 6.21.